The first-order chi connectivity index (χ1) is 15.0. The van der Waals surface area contributed by atoms with Gasteiger partial charge in [-0.15, -0.1) is 0 Å². The molecule has 1 unspecified atom stereocenters. The van der Waals surface area contributed by atoms with Gasteiger partial charge < -0.3 is 20.7 Å². The van der Waals surface area contributed by atoms with Crippen molar-refractivity contribution >= 4 is 11.8 Å². The van der Waals surface area contributed by atoms with Crippen LogP contribution in [0.3, 0.4) is 0 Å². The number of rotatable bonds is 5. The average molecular weight is 426 g/mol. The second-order valence-corrected chi connectivity index (χ2v) is 8.26. The van der Waals surface area contributed by atoms with E-state index in [0.29, 0.717) is 29.9 Å². The molecule has 0 amide bonds. The highest BCUT2D eigenvalue weighted by Gasteiger charge is 2.42. The third-order valence-electron chi connectivity index (χ3n) is 6.18. The van der Waals surface area contributed by atoms with Gasteiger partial charge in [-0.25, -0.2) is 9.07 Å². The molecule has 0 aliphatic carbocycles. The van der Waals surface area contributed by atoms with Crippen molar-refractivity contribution in [3.63, 3.8) is 0 Å². The summed E-state index contributed by atoms with van der Waals surface area (Å²) >= 11 is 0. The van der Waals surface area contributed by atoms with E-state index >= 15 is 0 Å². The molecular weight excluding hydrogens is 397 g/mol. The van der Waals surface area contributed by atoms with E-state index in [1.165, 1.54) is 16.8 Å². The molecule has 1 aromatic heterocycles. The maximum Gasteiger partial charge on any atom is 0.193 e. The number of aliphatic imine (C=N–C) groups is 1. The first-order valence-corrected chi connectivity index (χ1v) is 10.6. The van der Waals surface area contributed by atoms with E-state index in [-0.39, 0.29) is 17.1 Å². The van der Waals surface area contributed by atoms with E-state index in [2.05, 4.69) is 26.4 Å². The monoisotopic (exact) mass is 425 g/mol. The highest BCUT2D eigenvalue weighted by atomic mass is 19.1. The molecule has 1 spiro atoms. The molecule has 3 heterocycles. The maximum absolute atomic E-state index is 13.2. The second-order valence-electron chi connectivity index (χ2n) is 8.26. The smallest absolute Gasteiger partial charge is 0.193 e. The molecule has 0 radical (unpaired) electrons. The number of nitrogen functional groups attached to an aromatic ring is 1. The number of halogens is 1. The van der Waals surface area contributed by atoms with E-state index in [9.17, 15) is 9.65 Å². The van der Waals surface area contributed by atoms with Crippen LogP contribution in [0.25, 0.3) is 5.69 Å². The van der Waals surface area contributed by atoms with Crippen molar-refractivity contribution in [3.05, 3.63) is 41.3 Å². The Labute approximate surface area is 181 Å². The van der Waals surface area contributed by atoms with Gasteiger partial charge in [0, 0.05) is 38.7 Å². The van der Waals surface area contributed by atoms with Crippen LogP contribution in [0.1, 0.15) is 30.5 Å². The normalized spacial score (nSPS) is 21.1. The van der Waals surface area contributed by atoms with Gasteiger partial charge in [-0.05, 0) is 49.9 Å². The molecular formula is C22H28FN7O. The van der Waals surface area contributed by atoms with Crippen molar-refractivity contribution in [1.29, 1.82) is 5.26 Å². The lowest BCUT2D eigenvalue weighted by molar-refractivity contribution is 0.156. The molecule has 0 saturated carbocycles. The lowest BCUT2D eigenvalue weighted by Crippen LogP contribution is -2.41. The molecule has 31 heavy (non-hydrogen) atoms. The largest absolute Gasteiger partial charge is 0.382 e. The number of guanidine groups is 1. The zero-order valence-electron chi connectivity index (χ0n) is 17.8. The van der Waals surface area contributed by atoms with Crippen molar-refractivity contribution in [2.45, 2.75) is 25.7 Å². The van der Waals surface area contributed by atoms with Crippen LogP contribution in [0, 0.1) is 22.6 Å². The zero-order valence-corrected chi connectivity index (χ0v) is 17.8. The summed E-state index contributed by atoms with van der Waals surface area (Å²) in [5.41, 5.74) is 8.05. The number of benzene rings is 1. The number of hydrogen-bond acceptors (Lipinski definition) is 5. The molecule has 2 aromatic rings. The Morgan fingerprint density at radius 3 is 2.87 bits per heavy atom. The molecule has 2 aliphatic heterocycles. The number of aryl methyl sites for hydroxylation is 1. The summed E-state index contributed by atoms with van der Waals surface area (Å²) in [5, 5.41) is 17.5. The van der Waals surface area contributed by atoms with Crippen LogP contribution in [0.15, 0.2) is 29.3 Å². The summed E-state index contributed by atoms with van der Waals surface area (Å²) < 4.78 is 20.3. The summed E-state index contributed by atoms with van der Waals surface area (Å²) in [7, 11) is 1.80. The summed E-state index contributed by atoms with van der Waals surface area (Å²) in [6.45, 7) is 4.37. The fourth-order valence-electron chi connectivity index (χ4n) is 4.43. The van der Waals surface area contributed by atoms with Crippen LogP contribution < -0.4 is 11.1 Å². The topological polar surface area (TPSA) is 104 Å². The van der Waals surface area contributed by atoms with Gasteiger partial charge in [0.2, 0.25) is 0 Å². The third-order valence-corrected chi connectivity index (χ3v) is 6.18. The van der Waals surface area contributed by atoms with Crippen LogP contribution >= 0.6 is 0 Å². The number of nitrogens with two attached hydrogens (primary N) is 1. The van der Waals surface area contributed by atoms with E-state index in [0.717, 1.165) is 51.5 Å². The zero-order chi connectivity index (χ0) is 21.8. The number of likely N-dealkylation sites (tertiary alicyclic amines) is 1. The lowest BCUT2D eigenvalue weighted by Gasteiger charge is -2.24. The van der Waals surface area contributed by atoms with Crippen LogP contribution in [-0.2, 0) is 11.2 Å². The molecule has 0 bridgehead atoms. The predicted octanol–water partition coefficient (Wildman–Crippen LogP) is 2.09. The van der Waals surface area contributed by atoms with Gasteiger partial charge in [0.15, 0.2) is 5.96 Å². The summed E-state index contributed by atoms with van der Waals surface area (Å²) in [4.78, 5) is 6.74. The summed E-state index contributed by atoms with van der Waals surface area (Å²) in [6.07, 6.45) is 3.63. The van der Waals surface area contributed by atoms with E-state index in [4.69, 9.17) is 10.5 Å². The molecule has 2 saturated heterocycles. The second kappa shape index (κ2) is 8.94. The highest BCUT2D eigenvalue weighted by molar-refractivity contribution is 5.80. The number of ether oxygens (including phenoxy) is 1. The third kappa shape index (κ3) is 4.35. The van der Waals surface area contributed by atoms with Crippen molar-refractivity contribution in [2.75, 3.05) is 45.6 Å². The minimum atomic E-state index is -0.334. The SMILES string of the molecule is CN=C(NCCCc1nn(-c2ccc(F)cc2)c(N)c1C#N)N1CCC2(CCOC2)C1. The molecule has 4 rings (SSSR count). The van der Waals surface area contributed by atoms with Crippen molar-refractivity contribution < 1.29 is 9.13 Å². The molecule has 9 heteroatoms. The van der Waals surface area contributed by atoms with Gasteiger partial charge in [0.1, 0.15) is 23.3 Å². The fraction of sp³-hybridized carbons (Fsp3) is 0.500. The van der Waals surface area contributed by atoms with Gasteiger partial charge >= 0.3 is 0 Å². The van der Waals surface area contributed by atoms with Crippen LogP contribution in [0.5, 0.6) is 0 Å². The summed E-state index contributed by atoms with van der Waals surface area (Å²) in [6, 6.07) is 8.02. The number of nitriles is 1. The number of aromatic nitrogens is 2. The standard InChI is InChI=1S/C22H28FN7O/c1-26-21(29-11-8-22(14-29)9-12-31-15-22)27-10-2-3-19-18(13-24)20(25)30(28-19)17-6-4-16(23)5-7-17/h4-7H,2-3,8-12,14-15,25H2,1H3,(H,26,27). The van der Waals surface area contributed by atoms with Crippen molar-refractivity contribution in [3.8, 4) is 11.8 Å². The highest BCUT2D eigenvalue weighted by Crippen LogP contribution is 2.38. The van der Waals surface area contributed by atoms with Gasteiger partial charge in [0.05, 0.1) is 18.0 Å². The Hall–Kier alpha value is -3.12. The fourth-order valence-corrected chi connectivity index (χ4v) is 4.43. The number of nitrogens with zero attached hydrogens (tertiary/aromatic N) is 5. The van der Waals surface area contributed by atoms with Gasteiger partial charge in [-0.2, -0.15) is 10.4 Å². The van der Waals surface area contributed by atoms with E-state index in [1.807, 2.05) is 0 Å². The molecule has 164 valence electrons. The molecule has 3 N–H and O–H groups in total. The quantitative estimate of drug-likeness (QED) is 0.432. The number of hydrogen-bond donors (Lipinski definition) is 2. The Bertz CT molecular complexity index is 987. The molecule has 1 aromatic carbocycles. The molecule has 1 atom stereocenters. The average Bonchev–Trinajstić information content (AvgIpc) is 3.49. The van der Waals surface area contributed by atoms with E-state index < -0.39 is 0 Å². The Morgan fingerprint density at radius 2 is 2.19 bits per heavy atom. The minimum absolute atomic E-state index is 0.272. The Balaban J connectivity index is 1.35. The maximum atomic E-state index is 13.2. The van der Waals surface area contributed by atoms with Gasteiger partial charge in [0.25, 0.3) is 0 Å². The first kappa shape index (κ1) is 21.1. The van der Waals surface area contributed by atoms with E-state index in [1.54, 1.807) is 19.2 Å². The Morgan fingerprint density at radius 1 is 1.39 bits per heavy atom. The van der Waals surface area contributed by atoms with Crippen LogP contribution in [0.2, 0.25) is 0 Å². The molecule has 2 aliphatic rings. The first-order valence-electron chi connectivity index (χ1n) is 10.6. The van der Waals surface area contributed by atoms with Gasteiger partial charge in [-0.3, -0.25) is 4.99 Å². The molecule has 2 fully saturated rings. The number of anilines is 1. The van der Waals surface area contributed by atoms with Crippen LogP contribution in [0.4, 0.5) is 10.2 Å². The predicted molar refractivity (Wildman–Crippen MR) is 116 cm³/mol. The lowest BCUT2D eigenvalue weighted by atomic mass is 9.87. The van der Waals surface area contributed by atoms with Crippen LogP contribution in [-0.4, -0.2) is 60.5 Å². The number of nitrogens with one attached hydrogen (secondary N) is 1. The van der Waals surface area contributed by atoms with Crippen molar-refractivity contribution in [1.82, 2.24) is 20.0 Å². The Kier molecular flexibility index (Phi) is 6.09. The van der Waals surface area contributed by atoms with Gasteiger partial charge in [-0.1, -0.05) is 0 Å². The summed E-state index contributed by atoms with van der Waals surface area (Å²) in [5.74, 6) is 0.841. The van der Waals surface area contributed by atoms with Crippen molar-refractivity contribution in [2.24, 2.45) is 10.4 Å². The molecule has 8 nitrogen and oxygen atoms in total. The minimum Gasteiger partial charge on any atom is -0.382 e.